The van der Waals surface area contributed by atoms with Crippen molar-refractivity contribution in [1.29, 1.82) is 0 Å². The molecule has 0 unspecified atom stereocenters. The highest BCUT2D eigenvalue weighted by atomic mass is 35.5. The molecule has 0 spiro atoms. The minimum atomic E-state index is -0.0164. The molecule has 1 N–H and O–H groups in total. The van der Waals surface area contributed by atoms with Gasteiger partial charge in [0.1, 0.15) is 0 Å². The highest BCUT2D eigenvalue weighted by molar-refractivity contribution is 6.30. The number of ether oxygens (including phenoxy) is 2. The van der Waals surface area contributed by atoms with Gasteiger partial charge in [-0.2, -0.15) is 0 Å². The summed E-state index contributed by atoms with van der Waals surface area (Å²) in [5.74, 6) is 0.461. The number of rotatable bonds is 2. The van der Waals surface area contributed by atoms with Gasteiger partial charge in [0.25, 0.3) is 0 Å². The SMILES string of the molecule is Clc1ccc(N[C@H]2CCCO[C@H]3OCC[C@H]32)cc1. The molecule has 0 amide bonds. The lowest BCUT2D eigenvalue weighted by Crippen LogP contribution is -2.33. The van der Waals surface area contributed by atoms with Crippen molar-refractivity contribution in [2.24, 2.45) is 5.92 Å². The molecule has 1 aromatic carbocycles. The third-order valence-electron chi connectivity index (χ3n) is 3.74. The summed E-state index contributed by atoms with van der Waals surface area (Å²) in [5.41, 5.74) is 1.12. The quantitative estimate of drug-likeness (QED) is 0.892. The minimum absolute atomic E-state index is 0.0164. The zero-order chi connectivity index (χ0) is 12.4. The van der Waals surface area contributed by atoms with Gasteiger partial charge in [0.2, 0.25) is 0 Å². The lowest BCUT2D eigenvalue weighted by Gasteiger charge is -2.26. The van der Waals surface area contributed by atoms with Gasteiger partial charge in [-0.1, -0.05) is 11.6 Å². The highest BCUT2D eigenvalue weighted by Gasteiger charge is 2.37. The van der Waals surface area contributed by atoms with Gasteiger partial charge in [0.05, 0.1) is 6.61 Å². The Morgan fingerprint density at radius 2 is 1.83 bits per heavy atom. The van der Waals surface area contributed by atoms with Gasteiger partial charge >= 0.3 is 0 Å². The van der Waals surface area contributed by atoms with E-state index in [-0.39, 0.29) is 6.29 Å². The number of fused-ring (bicyclic) bond motifs is 1. The molecule has 0 aromatic heterocycles. The molecule has 4 heteroatoms. The Morgan fingerprint density at radius 1 is 1.06 bits per heavy atom. The van der Waals surface area contributed by atoms with Crippen LogP contribution in [0, 0.1) is 5.92 Å². The van der Waals surface area contributed by atoms with Gasteiger partial charge in [-0.3, -0.25) is 0 Å². The molecule has 0 saturated carbocycles. The van der Waals surface area contributed by atoms with E-state index in [1.54, 1.807) is 0 Å². The predicted molar refractivity (Wildman–Crippen MR) is 71.9 cm³/mol. The average molecular weight is 268 g/mol. The van der Waals surface area contributed by atoms with Crippen LogP contribution in [0.5, 0.6) is 0 Å². The number of hydrogen-bond donors (Lipinski definition) is 1. The molecule has 0 aliphatic carbocycles. The molecule has 3 nitrogen and oxygen atoms in total. The molecule has 3 rings (SSSR count). The Morgan fingerprint density at radius 3 is 2.67 bits per heavy atom. The van der Waals surface area contributed by atoms with E-state index in [2.05, 4.69) is 5.32 Å². The van der Waals surface area contributed by atoms with Crippen molar-refractivity contribution in [3.63, 3.8) is 0 Å². The molecule has 2 fully saturated rings. The summed E-state index contributed by atoms with van der Waals surface area (Å²) in [4.78, 5) is 0. The lowest BCUT2D eigenvalue weighted by molar-refractivity contribution is -0.125. The topological polar surface area (TPSA) is 30.5 Å². The number of benzene rings is 1. The first-order valence-electron chi connectivity index (χ1n) is 6.58. The molecule has 0 radical (unpaired) electrons. The molecule has 18 heavy (non-hydrogen) atoms. The normalized spacial score (nSPS) is 31.7. The lowest BCUT2D eigenvalue weighted by atomic mass is 9.94. The molecular formula is C14H18ClNO2. The van der Waals surface area contributed by atoms with Gasteiger partial charge in [-0.15, -0.1) is 0 Å². The van der Waals surface area contributed by atoms with Crippen molar-refractivity contribution in [1.82, 2.24) is 0 Å². The van der Waals surface area contributed by atoms with Crippen molar-refractivity contribution < 1.29 is 9.47 Å². The molecule has 2 aliphatic rings. The second kappa shape index (κ2) is 5.47. The molecule has 0 bridgehead atoms. The first-order chi connectivity index (χ1) is 8.83. The summed E-state index contributed by atoms with van der Waals surface area (Å²) in [7, 11) is 0. The standard InChI is InChI=1S/C14H18ClNO2/c15-10-3-5-11(6-4-10)16-13-2-1-8-17-14-12(13)7-9-18-14/h3-6,12-14,16H,1-2,7-9H2/t12-,13-,14-/m0/s1. The summed E-state index contributed by atoms with van der Waals surface area (Å²) in [6.07, 6.45) is 3.28. The third-order valence-corrected chi connectivity index (χ3v) is 3.99. The molecule has 98 valence electrons. The average Bonchev–Trinajstić information content (AvgIpc) is 2.76. The maximum absolute atomic E-state index is 5.90. The molecular weight excluding hydrogens is 250 g/mol. The van der Waals surface area contributed by atoms with Crippen molar-refractivity contribution in [3.05, 3.63) is 29.3 Å². The van der Waals surface area contributed by atoms with Gasteiger partial charge < -0.3 is 14.8 Å². The number of halogens is 1. The van der Waals surface area contributed by atoms with Crippen LogP contribution in [0.1, 0.15) is 19.3 Å². The zero-order valence-corrected chi connectivity index (χ0v) is 11.0. The molecule has 2 aliphatic heterocycles. The summed E-state index contributed by atoms with van der Waals surface area (Å²) < 4.78 is 11.4. The molecule has 2 heterocycles. The van der Waals surface area contributed by atoms with Gasteiger partial charge in [0.15, 0.2) is 6.29 Å². The van der Waals surface area contributed by atoms with E-state index in [9.17, 15) is 0 Å². The van der Waals surface area contributed by atoms with E-state index in [0.717, 1.165) is 43.2 Å². The van der Waals surface area contributed by atoms with Crippen molar-refractivity contribution >= 4 is 17.3 Å². The van der Waals surface area contributed by atoms with E-state index in [1.165, 1.54) is 0 Å². The Bertz CT molecular complexity index is 395. The number of nitrogens with one attached hydrogen (secondary N) is 1. The molecule has 1 aromatic rings. The second-order valence-electron chi connectivity index (χ2n) is 4.96. The highest BCUT2D eigenvalue weighted by Crippen LogP contribution is 2.32. The van der Waals surface area contributed by atoms with Crippen LogP contribution in [0.3, 0.4) is 0 Å². The van der Waals surface area contributed by atoms with Crippen molar-refractivity contribution in [3.8, 4) is 0 Å². The Labute approximate surface area is 112 Å². The smallest absolute Gasteiger partial charge is 0.162 e. The van der Waals surface area contributed by atoms with Gasteiger partial charge in [0, 0.05) is 29.3 Å². The van der Waals surface area contributed by atoms with Crippen LogP contribution in [0.4, 0.5) is 5.69 Å². The Hall–Kier alpha value is -0.770. The van der Waals surface area contributed by atoms with E-state index in [1.807, 2.05) is 24.3 Å². The van der Waals surface area contributed by atoms with Crippen LogP contribution < -0.4 is 5.32 Å². The number of hydrogen-bond acceptors (Lipinski definition) is 3. The summed E-state index contributed by atoms with van der Waals surface area (Å²) in [6, 6.07) is 8.32. The fourth-order valence-electron chi connectivity index (χ4n) is 2.80. The van der Waals surface area contributed by atoms with Crippen LogP contribution in [0.2, 0.25) is 5.02 Å². The fourth-order valence-corrected chi connectivity index (χ4v) is 2.92. The van der Waals surface area contributed by atoms with E-state index >= 15 is 0 Å². The Kier molecular flexibility index (Phi) is 3.73. The maximum atomic E-state index is 5.90. The monoisotopic (exact) mass is 267 g/mol. The predicted octanol–water partition coefficient (Wildman–Crippen LogP) is 3.29. The van der Waals surface area contributed by atoms with E-state index < -0.39 is 0 Å². The number of anilines is 1. The first-order valence-corrected chi connectivity index (χ1v) is 6.96. The largest absolute Gasteiger partial charge is 0.382 e. The van der Waals surface area contributed by atoms with E-state index in [0.29, 0.717) is 12.0 Å². The Balaban J connectivity index is 1.71. The van der Waals surface area contributed by atoms with E-state index in [4.69, 9.17) is 21.1 Å². The van der Waals surface area contributed by atoms with Crippen LogP contribution in [-0.4, -0.2) is 25.5 Å². The zero-order valence-electron chi connectivity index (χ0n) is 10.3. The van der Waals surface area contributed by atoms with Crippen LogP contribution in [0.15, 0.2) is 24.3 Å². The van der Waals surface area contributed by atoms with Crippen LogP contribution in [-0.2, 0) is 9.47 Å². The van der Waals surface area contributed by atoms with Crippen LogP contribution in [0.25, 0.3) is 0 Å². The first kappa shape index (κ1) is 12.3. The summed E-state index contributed by atoms with van der Waals surface area (Å²) in [6.45, 7) is 1.62. The maximum Gasteiger partial charge on any atom is 0.162 e. The summed E-state index contributed by atoms with van der Waals surface area (Å²) >= 11 is 5.90. The minimum Gasteiger partial charge on any atom is -0.382 e. The van der Waals surface area contributed by atoms with Crippen molar-refractivity contribution in [2.45, 2.75) is 31.6 Å². The summed E-state index contributed by atoms with van der Waals surface area (Å²) in [5, 5.41) is 4.37. The van der Waals surface area contributed by atoms with Crippen LogP contribution >= 0.6 is 11.6 Å². The van der Waals surface area contributed by atoms with Gasteiger partial charge in [-0.25, -0.2) is 0 Å². The molecule has 3 atom stereocenters. The van der Waals surface area contributed by atoms with Crippen molar-refractivity contribution in [2.75, 3.05) is 18.5 Å². The second-order valence-corrected chi connectivity index (χ2v) is 5.40. The fraction of sp³-hybridized carbons (Fsp3) is 0.571. The van der Waals surface area contributed by atoms with Gasteiger partial charge in [-0.05, 0) is 43.5 Å². The third kappa shape index (κ3) is 2.63. The molecule has 2 saturated heterocycles.